The summed E-state index contributed by atoms with van der Waals surface area (Å²) in [4.78, 5) is 10.5. The van der Waals surface area contributed by atoms with E-state index in [9.17, 15) is 18.0 Å². The second-order valence-electron chi connectivity index (χ2n) is 3.39. The molecule has 96 valence electrons. The standard InChI is InChI=1S/C10H10F3NO2.ClH/c1-5-2-3-6(8(14)9(15)16)4-7(5)10(11,12)13;/h2-4,8H,14H2,1H3,(H,15,16);1H. The van der Waals surface area contributed by atoms with Crippen molar-refractivity contribution < 1.29 is 23.1 Å². The molecule has 0 amide bonds. The smallest absolute Gasteiger partial charge is 0.416 e. The maximum absolute atomic E-state index is 12.5. The van der Waals surface area contributed by atoms with E-state index in [1.54, 1.807) is 0 Å². The van der Waals surface area contributed by atoms with Gasteiger partial charge in [-0.15, -0.1) is 12.4 Å². The van der Waals surface area contributed by atoms with Crippen molar-refractivity contribution in [2.75, 3.05) is 0 Å². The van der Waals surface area contributed by atoms with Gasteiger partial charge in [-0.25, -0.2) is 0 Å². The van der Waals surface area contributed by atoms with Gasteiger partial charge < -0.3 is 10.8 Å². The number of alkyl halides is 3. The van der Waals surface area contributed by atoms with Crippen LogP contribution in [0.15, 0.2) is 18.2 Å². The Kier molecular flexibility index (Phi) is 4.97. The number of hydrogen-bond donors (Lipinski definition) is 2. The van der Waals surface area contributed by atoms with Crippen molar-refractivity contribution in [3.8, 4) is 0 Å². The summed E-state index contributed by atoms with van der Waals surface area (Å²) in [5.74, 6) is -1.36. The van der Waals surface area contributed by atoms with E-state index in [1.165, 1.54) is 19.1 Å². The molecule has 1 aromatic rings. The molecule has 7 heteroatoms. The highest BCUT2D eigenvalue weighted by Gasteiger charge is 2.33. The average molecular weight is 270 g/mol. The lowest BCUT2D eigenvalue weighted by Crippen LogP contribution is -2.21. The number of aryl methyl sites for hydroxylation is 1. The molecule has 1 unspecified atom stereocenters. The fourth-order valence-corrected chi connectivity index (χ4v) is 1.28. The second kappa shape index (κ2) is 5.37. The van der Waals surface area contributed by atoms with E-state index in [4.69, 9.17) is 10.8 Å². The van der Waals surface area contributed by atoms with Crippen LogP contribution in [0, 0.1) is 6.92 Å². The highest BCUT2D eigenvalue weighted by Crippen LogP contribution is 2.33. The van der Waals surface area contributed by atoms with E-state index in [2.05, 4.69) is 0 Å². The highest BCUT2D eigenvalue weighted by molar-refractivity contribution is 5.85. The predicted molar refractivity (Wildman–Crippen MR) is 58.0 cm³/mol. The fourth-order valence-electron chi connectivity index (χ4n) is 1.28. The van der Waals surface area contributed by atoms with Crippen LogP contribution in [0.5, 0.6) is 0 Å². The van der Waals surface area contributed by atoms with E-state index in [0.29, 0.717) is 0 Å². The molecule has 1 aromatic carbocycles. The molecule has 0 saturated carbocycles. The van der Waals surface area contributed by atoms with Gasteiger partial charge in [0, 0.05) is 0 Å². The third kappa shape index (κ3) is 3.61. The number of halogens is 4. The van der Waals surface area contributed by atoms with Crippen LogP contribution in [0.1, 0.15) is 22.7 Å². The van der Waals surface area contributed by atoms with Crippen LogP contribution in [-0.4, -0.2) is 11.1 Å². The number of hydrogen-bond acceptors (Lipinski definition) is 2. The Hall–Kier alpha value is -1.27. The summed E-state index contributed by atoms with van der Waals surface area (Å²) < 4.78 is 37.5. The quantitative estimate of drug-likeness (QED) is 0.867. The molecular weight excluding hydrogens is 259 g/mol. The molecule has 0 aliphatic heterocycles. The Balaban J connectivity index is 0.00000256. The van der Waals surface area contributed by atoms with Gasteiger partial charge in [0.1, 0.15) is 6.04 Å². The Bertz CT molecular complexity index is 421. The summed E-state index contributed by atoms with van der Waals surface area (Å²) in [6.07, 6.45) is -4.50. The number of carbonyl (C=O) groups is 1. The Morgan fingerprint density at radius 1 is 1.41 bits per heavy atom. The number of carboxylic acids is 1. The normalized spacial score (nSPS) is 12.8. The largest absolute Gasteiger partial charge is 0.480 e. The lowest BCUT2D eigenvalue weighted by Gasteiger charge is -2.13. The first-order valence-electron chi connectivity index (χ1n) is 4.39. The Labute approximate surface area is 102 Å². The fraction of sp³-hybridized carbons (Fsp3) is 0.300. The summed E-state index contributed by atoms with van der Waals surface area (Å²) in [7, 11) is 0. The zero-order valence-corrected chi connectivity index (χ0v) is 9.60. The van der Waals surface area contributed by atoms with E-state index in [-0.39, 0.29) is 23.5 Å². The summed E-state index contributed by atoms with van der Waals surface area (Å²) in [5, 5.41) is 8.59. The molecular formula is C10H11ClF3NO2. The lowest BCUT2D eigenvalue weighted by molar-refractivity contribution is -0.140. The molecule has 1 atom stereocenters. The topological polar surface area (TPSA) is 63.3 Å². The molecule has 0 aliphatic carbocycles. The molecule has 0 bridgehead atoms. The molecule has 0 aliphatic rings. The molecule has 0 heterocycles. The minimum atomic E-state index is -4.50. The first-order chi connectivity index (χ1) is 7.23. The van der Waals surface area contributed by atoms with Crippen LogP contribution in [0.2, 0.25) is 0 Å². The van der Waals surface area contributed by atoms with Crippen molar-refractivity contribution in [3.05, 3.63) is 34.9 Å². The third-order valence-electron chi connectivity index (χ3n) is 2.19. The van der Waals surface area contributed by atoms with E-state index in [1.807, 2.05) is 0 Å². The van der Waals surface area contributed by atoms with Crippen molar-refractivity contribution in [2.45, 2.75) is 19.1 Å². The summed E-state index contributed by atoms with van der Waals surface area (Å²) in [5.41, 5.74) is 4.35. The number of benzene rings is 1. The van der Waals surface area contributed by atoms with E-state index < -0.39 is 23.8 Å². The van der Waals surface area contributed by atoms with Gasteiger partial charge in [-0.2, -0.15) is 13.2 Å². The predicted octanol–water partition coefficient (Wildman–Crippen LogP) is 2.52. The van der Waals surface area contributed by atoms with Crippen molar-refractivity contribution in [1.29, 1.82) is 0 Å². The molecule has 0 spiro atoms. The molecule has 0 aromatic heterocycles. The summed E-state index contributed by atoms with van der Waals surface area (Å²) >= 11 is 0. The Morgan fingerprint density at radius 2 is 1.94 bits per heavy atom. The zero-order chi connectivity index (χ0) is 12.5. The van der Waals surface area contributed by atoms with E-state index in [0.717, 1.165) is 6.07 Å². The average Bonchev–Trinajstić information content (AvgIpc) is 2.15. The number of aliphatic carboxylic acids is 1. The van der Waals surface area contributed by atoms with Gasteiger partial charge in [0.25, 0.3) is 0 Å². The molecule has 0 fully saturated rings. The Morgan fingerprint density at radius 3 is 2.35 bits per heavy atom. The molecule has 3 nitrogen and oxygen atoms in total. The van der Waals surface area contributed by atoms with Crippen LogP contribution in [0.25, 0.3) is 0 Å². The van der Waals surface area contributed by atoms with E-state index >= 15 is 0 Å². The van der Waals surface area contributed by atoms with Gasteiger partial charge in [-0.1, -0.05) is 12.1 Å². The lowest BCUT2D eigenvalue weighted by atomic mass is 10.0. The number of rotatable bonds is 2. The van der Waals surface area contributed by atoms with Gasteiger partial charge in [0.05, 0.1) is 5.56 Å². The first kappa shape index (κ1) is 15.7. The molecule has 1 rings (SSSR count). The van der Waals surface area contributed by atoms with Crippen molar-refractivity contribution in [2.24, 2.45) is 5.73 Å². The van der Waals surface area contributed by atoms with Gasteiger partial charge in [-0.05, 0) is 24.1 Å². The van der Waals surface area contributed by atoms with Crippen molar-refractivity contribution in [3.63, 3.8) is 0 Å². The maximum Gasteiger partial charge on any atom is 0.416 e. The van der Waals surface area contributed by atoms with Crippen LogP contribution in [0.4, 0.5) is 13.2 Å². The van der Waals surface area contributed by atoms with Crippen molar-refractivity contribution in [1.82, 2.24) is 0 Å². The van der Waals surface area contributed by atoms with Gasteiger partial charge in [-0.3, -0.25) is 4.79 Å². The third-order valence-corrected chi connectivity index (χ3v) is 2.19. The zero-order valence-electron chi connectivity index (χ0n) is 8.78. The van der Waals surface area contributed by atoms with Gasteiger partial charge in [0.2, 0.25) is 0 Å². The minimum absolute atomic E-state index is 0. The van der Waals surface area contributed by atoms with Crippen LogP contribution < -0.4 is 5.73 Å². The first-order valence-corrected chi connectivity index (χ1v) is 4.39. The SMILES string of the molecule is Cc1ccc(C(N)C(=O)O)cc1C(F)(F)F.Cl. The molecule has 0 saturated heterocycles. The van der Waals surface area contributed by atoms with Gasteiger partial charge in [0.15, 0.2) is 0 Å². The van der Waals surface area contributed by atoms with Crippen LogP contribution in [0.3, 0.4) is 0 Å². The minimum Gasteiger partial charge on any atom is -0.480 e. The van der Waals surface area contributed by atoms with Gasteiger partial charge >= 0.3 is 12.1 Å². The number of carboxylic acid groups (broad SMARTS) is 1. The summed E-state index contributed by atoms with van der Waals surface area (Å²) in [6, 6.07) is 1.82. The van der Waals surface area contributed by atoms with Crippen LogP contribution in [-0.2, 0) is 11.0 Å². The molecule has 17 heavy (non-hydrogen) atoms. The highest BCUT2D eigenvalue weighted by atomic mass is 35.5. The summed E-state index contributed by atoms with van der Waals surface area (Å²) in [6.45, 7) is 1.30. The number of nitrogens with two attached hydrogens (primary N) is 1. The molecule has 0 radical (unpaired) electrons. The van der Waals surface area contributed by atoms with Crippen molar-refractivity contribution >= 4 is 18.4 Å². The maximum atomic E-state index is 12.5. The van der Waals surface area contributed by atoms with Crippen LogP contribution >= 0.6 is 12.4 Å². The second-order valence-corrected chi connectivity index (χ2v) is 3.39. The monoisotopic (exact) mass is 269 g/mol. The molecule has 3 N–H and O–H groups in total.